The van der Waals surface area contributed by atoms with Crippen molar-refractivity contribution in [3.05, 3.63) is 96.2 Å². The maximum absolute atomic E-state index is 14.4. The zero-order valence-electron chi connectivity index (χ0n) is 25.6. The molecule has 0 bridgehead atoms. The fourth-order valence-electron chi connectivity index (χ4n) is 4.76. The first-order valence-corrected chi connectivity index (χ1v) is 14.3. The number of hydrogen-bond acceptors (Lipinski definition) is 8. The van der Waals surface area contributed by atoms with E-state index in [-0.39, 0.29) is 41.7 Å². The minimum Gasteiger partial charge on any atom is -0.454 e. The number of amidine groups is 1. The van der Waals surface area contributed by atoms with E-state index in [9.17, 15) is 19.2 Å². The number of aryl methyl sites for hydroxylation is 1. The molecule has 1 atom stereocenters. The van der Waals surface area contributed by atoms with Crippen LogP contribution in [0.4, 0.5) is 26.7 Å². The van der Waals surface area contributed by atoms with Crippen molar-refractivity contribution < 1.29 is 28.3 Å². The van der Waals surface area contributed by atoms with Gasteiger partial charge in [-0.25, -0.2) is 4.79 Å². The molecule has 13 heteroatoms. The molecule has 45 heavy (non-hydrogen) atoms. The highest BCUT2D eigenvalue weighted by Crippen LogP contribution is 2.39. The summed E-state index contributed by atoms with van der Waals surface area (Å²) in [5.74, 6) is -1.27. The highest BCUT2D eigenvalue weighted by molar-refractivity contribution is 6.23. The molecule has 3 heterocycles. The monoisotopic (exact) mass is 612 g/mol. The number of benzene rings is 2. The van der Waals surface area contributed by atoms with Crippen molar-refractivity contribution in [1.29, 1.82) is 0 Å². The summed E-state index contributed by atoms with van der Waals surface area (Å²) in [4.78, 5) is 56.4. The lowest BCUT2D eigenvalue weighted by Crippen LogP contribution is -2.59. The van der Waals surface area contributed by atoms with Crippen LogP contribution in [-0.2, 0) is 11.8 Å². The Labute approximate surface area is 259 Å². The molecule has 1 unspecified atom stereocenters. The van der Waals surface area contributed by atoms with E-state index in [1.54, 1.807) is 62.5 Å². The summed E-state index contributed by atoms with van der Waals surface area (Å²) in [6, 6.07) is 17.5. The van der Waals surface area contributed by atoms with E-state index < -0.39 is 33.9 Å². The van der Waals surface area contributed by atoms with E-state index >= 15 is 0 Å². The second-order valence-corrected chi connectivity index (χ2v) is 11.5. The Hall–Kier alpha value is -5.56. The van der Waals surface area contributed by atoms with Crippen molar-refractivity contribution in [2.45, 2.75) is 27.7 Å². The Bertz CT molecular complexity index is 1790. The van der Waals surface area contributed by atoms with Gasteiger partial charge in [-0.15, -0.1) is 0 Å². The van der Waals surface area contributed by atoms with E-state index in [0.717, 1.165) is 0 Å². The number of rotatable bonds is 6. The number of carbonyl (C=O) groups excluding carboxylic acids is 4. The van der Waals surface area contributed by atoms with Crippen molar-refractivity contribution in [3.8, 4) is 0 Å². The Morgan fingerprint density at radius 1 is 0.956 bits per heavy atom. The number of urea groups is 1. The van der Waals surface area contributed by atoms with Crippen molar-refractivity contribution in [3.63, 3.8) is 0 Å². The number of fused-ring (bicyclic) bond motifs is 1. The minimum atomic E-state index is -1.25. The molecule has 2 aromatic carbocycles. The van der Waals surface area contributed by atoms with Crippen LogP contribution in [0.15, 0.2) is 88.7 Å². The molecule has 0 aliphatic carbocycles. The molecule has 4 aromatic rings. The number of aromatic nitrogens is 2. The third-order valence-corrected chi connectivity index (χ3v) is 6.95. The predicted octanol–water partition coefficient (Wildman–Crippen LogP) is 5.51. The lowest BCUT2D eigenvalue weighted by atomic mass is 9.99. The van der Waals surface area contributed by atoms with Crippen LogP contribution in [0.5, 0.6) is 0 Å². The molecular weight excluding hydrogens is 578 g/mol. The lowest BCUT2D eigenvalue weighted by molar-refractivity contribution is 0.0822. The van der Waals surface area contributed by atoms with Gasteiger partial charge in [0.25, 0.3) is 11.8 Å². The van der Waals surface area contributed by atoms with Gasteiger partial charge in [0, 0.05) is 36.1 Å². The fourth-order valence-corrected chi connectivity index (χ4v) is 4.76. The first-order chi connectivity index (χ1) is 21.5. The minimum absolute atomic E-state index is 0.00467. The summed E-state index contributed by atoms with van der Waals surface area (Å²) in [6.07, 6.45) is 1.84. The van der Waals surface area contributed by atoms with Gasteiger partial charge in [-0.2, -0.15) is 9.89 Å². The number of carbonyl (C=O) groups is 4. The smallest absolute Gasteiger partial charge is 0.454 e. The Morgan fingerprint density at radius 3 is 2.33 bits per heavy atom. The summed E-state index contributed by atoms with van der Waals surface area (Å²) >= 11 is 0. The fraction of sp³-hybridized carbons (Fsp3) is 0.250. The number of hydrogen-bond donors (Lipinski definition) is 2. The summed E-state index contributed by atoms with van der Waals surface area (Å²) in [7, 11) is 1.63. The quantitative estimate of drug-likeness (QED) is 0.273. The van der Waals surface area contributed by atoms with E-state index in [0.29, 0.717) is 11.4 Å². The van der Waals surface area contributed by atoms with Crippen molar-refractivity contribution in [1.82, 2.24) is 19.7 Å². The average molecular weight is 613 g/mol. The van der Waals surface area contributed by atoms with Crippen LogP contribution >= 0.6 is 0 Å². The molecule has 2 aromatic heterocycles. The van der Waals surface area contributed by atoms with Gasteiger partial charge in [0.15, 0.2) is 0 Å². The standard InChI is InChI=1S/C32H33N7O6/c1-6-38(21-12-8-7-9-13-21)30(42)39(31(43)45-20-32(2,3)4)25-17-19-44-26(25)27(36-39)35-28(40)22-14-10-11-15-23(22)34-29(41)24-16-18-33-37(24)5/h7-19H,6,20H2,1-5H3,(H-,34,35,36,40,41)/p+1. The molecule has 1 aliphatic heterocycles. The normalized spacial score (nSPS) is 15.5. The zero-order chi connectivity index (χ0) is 32.4. The first-order valence-electron chi connectivity index (χ1n) is 14.3. The number of imide groups is 1. The Morgan fingerprint density at radius 2 is 1.67 bits per heavy atom. The molecule has 5 rings (SSSR count). The number of anilines is 2. The number of quaternary nitrogens is 1. The zero-order valence-corrected chi connectivity index (χ0v) is 25.6. The van der Waals surface area contributed by atoms with Crippen LogP contribution in [-0.4, -0.2) is 52.7 Å². The van der Waals surface area contributed by atoms with Crippen LogP contribution in [0.1, 0.15) is 54.3 Å². The maximum atomic E-state index is 14.4. The summed E-state index contributed by atoms with van der Waals surface area (Å²) < 4.78 is 11.5. The van der Waals surface area contributed by atoms with E-state index in [1.807, 2.05) is 26.8 Å². The van der Waals surface area contributed by atoms with Crippen LogP contribution in [0.2, 0.25) is 0 Å². The van der Waals surface area contributed by atoms with Crippen LogP contribution in [0.3, 0.4) is 0 Å². The van der Waals surface area contributed by atoms with Gasteiger partial charge < -0.3 is 14.5 Å². The van der Waals surface area contributed by atoms with E-state index in [2.05, 4.69) is 20.8 Å². The van der Waals surface area contributed by atoms with Gasteiger partial charge in [-0.05, 0) is 47.8 Å². The van der Waals surface area contributed by atoms with Crippen molar-refractivity contribution in [2.75, 3.05) is 23.4 Å². The van der Waals surface area contributed by atoms with Crippen LogP contribution in [0, 0.1) is 5.41 Å². The molecule has 5 amide bonds. The van der Waals surface area contributed by atoms with Gasteiger partial charge in [0.05, 0.1) is 17.5 Å². The van der Waals surface area contributed by atoms with Gasteiger partial charge >= 0.3 is 12.1 Å². The van der Waals surface area contributed by atoms with E-state index in [4.69, 9.17) is 9.15 Å². The molecular formula is C32H34N7O6+. The second kappa shape index (κ2) is 12.2. The van der Waals surface area contributed by atoms with Gasteiger partial charge in [0.2, 0.25) is 17.3 Å². The predicted molar refractivity (Wildman–Crippen MR) is 168 cm³/mol. The molecule has 0 fully saturated rings. The molecule has 0 saturated heterocycles. The largest absolute Gasteiger partial charge is 0.558 e. The first kappa shape index (κ1) is 30.9. The molecule has 0 spiro atoms. The number of furan rings is 1. The SMILES string of the molecule is CCN(C(=O)[N+]1(C(=O)OCC(C)(C)C)N=C(NC(=O)c2ccccc2NC(=O)c2ccnn2C)c2occc21)c1ccccc1. The van der Waals surface area contributed by atoms with Crippen molar-refractivity contribution >= 4 is 46.8 Å². The number of para-hydroxylation sites is 2. The molecule has 0 saturated carbocycles. The van der Waals surface area contributed by atoms with Crippen LogP contribution < -0.4 is 20.1 Å². The number of nitrogens with one attached hydrogen (secondary N) is 2. The van der Waals surface area contributed by atoms with Crippen molar-refractivity contribution in [2.24, 2.45) is 17.6 Å². The molecule has 0 radical (unpaired) electrons. The molecule has 2 N–H and O–H groups in total. The highest BCUT2D eigenvalue weighted by Gasteiger charge is 2.61. The Balaban J connectivity index is 1.53. The summed E-state index contributed by atoms with van der Waals surface area (Å²) in [5.41, 5.74) is 0.842. The third kappa shape index (κ3) is 5.97. The number of amides is 5. The maximum Gasteiger partial charge on any atom is 0.558 e. The van der Waals surface area contributed by atoms with Crippen LogP contribution in [0.25, 0.3) is 0 Å². The lowest BCUT2D eigenvalue weighted by Gasteiger charge is -2.28. The molecule has 232 valence electrons. The topological polar surface area (TPSA) is 148 Å². The molecule has 1 aliphatic rings. The van der Waals surface area contributed by atoms with Gasteiger partial charge in [-0.1, -0.05) is 51.1 Å². The Kier molecular flexibility index (Phi) is 8.38. The average Bonchev–Trinajstić information content (AvgIpc) is 3.74. The third-order valence-electron chi connectivity index (χ3n) is 6.95. The second-order valence-electron chi connectivity index (χ2n) is 11.5. The highest BCUT2D eigenvalue weighted by atomic mass is 16.6. The summed E-state index contributed by atoms with van der Waals surface area (Å²) in [5, 5.41) is 13.9. The molecule has 13 nitrogen and oxygen atoms in total. The van der Waals surface area contributed by atoms with E-state index in [1.165, 1.54) is 34.2 Å². The number of ether oxygens (including phenoxy) is 1. The summed E-state index contributed by atoms with van der Waals surface area (Å²) in [6.45, 7) is 7.66. The van der Waals surface area contributed by atoms with Gasteiger partial charge in [-0.3, -0.25) is 24.5 Å². The number of nitrogens with zero attached hydrogens (tertiary/aromatic N) is 5. The van der Waals surface area contributed by atoms with Gasteiger partial charge in [0.1, 0.15) is 12.3 Å².